The van der Waals surface area contributed by atoms with Crippen molar-refractivity contribution in [1.29, 1.82) is 0 Å². The summed E-state index contributed by atoms with van der Waals surface area (Å²) in [5, 5.41) is 0. The van der Waals surface area contributed by atoms with Crippen molar-refractivity contribution in [1.82, 2.24) is 9.97 Å². The van der Waals surface area contributed by atoms with Crippen LogP contribution >= 0.6 is 12.2 Å². The first kappa shape index (κ1) is 12.2. The van der Waals surface area contributed by atoms with Crippen LogP contribution in [-0.2, 0) is 0 Å². The van der Waals surface area contributed by atoms with Gasteiger partial charge in [0.25, 0.3) is 0 Å². The van der Waals surface area contributed by atoms with Crippen molar-refractivity contribution in [3.63, 3.8) is 0 Å². The predicted octanol–water partition coefficient (Wildman–Crippen LogP) is 1.74. The first-order valence-corrected chi connectivity index (χ1v) is 6.39. The molecule has 2 N–H and O–H groups in total. The lowest BCUT2D eigenvalue weighted by molar-refractivity contribution is 0.489. The third-order valence-electron chi connectivity index (χ3n) is 3.25. The molecule has 17 heavy (non-hydrogen) atoms. The van der Waals surface area contributed by atoms with E-state index < -0.39 is 0 Å². The summed E-state index contributed by atoms with van der Waals surface area (Å²) in [5.74, 6) is 1.57. The zero-order chi connectivity index (χ0) is 12.4. The van der Waals surface area contributed by atoms with Crippen molar-refractivity contribution in [2.24, 2.45) is 11.7 Å². The van der Waals surface area contributed by atoms with E-state index in [9.17, 15) is 0 Å². The van der Waals surface area contributed by atoms with Gasteiger partial charge in [0.1, 0.15) is 16.5 Å². The maximum absolute atomic E-state index is 5.51. The van der Waals surface area contributed by atoms with Gasteiger partial charge < -0.3 is 10.6 Å². The molecule has 1 aromatic rings. The summed E-state index contributed by atoms with van der Waals surface area (Å²) in [6.45, 7) is 5.56. The van der Waals surface area contributed by atoms with Crippen molar-refractivity contribution in [3.05, 3.63) is 18.1 Å². The molecule has 1 atom stereocenters. The zero-order valence-corrected chi connectivity index (χ0v) is 11.1. The monoisotopic (exact) mass is 250 g/mol. The highest BCUT2D eigenvalue weighted by molar-refractivity contribution is 7.80. The predicted molar refractivity (Wildman–Crippen MR) is 73.1 cm³/mol. The SMILES string of the molecule is CC(C)C1CCCN1c1cnc(C(N)=S)cn1. The molecule has 1 aliphatic rings. The Morgan fingerprint density at radius 2 is 2.24 bits per heavy atom. The minimum atomic E-state index is 0.297. The Hall–Kier alpha value is -1.23. The quantitative estimate of drug-likeness (QED) is 0.828. The smallest absolute Gasteiger partial charge is 0.147 e. The molecular formula is C12H18N4S. The third kappa shape index (κ3) is 2.54. The summed E-state index contributed by atoms with van der Waals surface area (Å²) < 4.78 is 0. The van der Waals surface area contributed by atoms with Crippen molar-refractivity contribution in [3.8, 4) is 0 Å². The van der Waals surface area contributed by atoms with E-state index in [-0.39, 0.29) is 0 Å². The zero-order valence-electron chi connectivity index (χ0n) is 10.3. The Labute approximate surface area is 107 Å². The van der Waals surface area contributed by atoms with Crippen LogP contribution in [0.15, 0.2) is 12.4 Å². The van der Waals surface area contributed by atoms with Gasteiger partial charge in [-0.25, -0.2) is 9.97 Å². The Bertz CT molecular complexity index is 401. The number of nitrogens with two attached hydrogens (primary N) is 1. The summed E-state index contributed by atoms with van der Waals surface area (Å²) >= 11 is 4.87. The Balaban J connectivity index is 2.19. The highest BCUT2D eigenvalue weighted by Crippen LogP contribution is 2.27. The molecule has 0 spiro atoms. The van der Waals surface area contributed by atoms with E-state index in [2.05, 4.69) is 28.7 Å². The van der Waals surface area contributed by atoms with Gasteiger partial charge in [-0.05, 0) is 18.8 Å². The number of anilines is 1. The van der Waals surface area contributed by atoms with Gasteiger partial charge in [-0.2, -0.15) is 0 Å². The van der Waals surface area contributed by atoms with Gasteiger partial charge in [-0.1, -0.05) is 26.1 Å². The number of aromatic nitrogens is 2. The summed E-state index contributed by atoms with van der Waals surface area (Å²) in [6.07, 6.45) is 5.89. The molecule has 92 valence electrons. The molecule has 2 rings (SSSR count). The van der Waals surface area contributed by atoms with E-state index in [4.69, 9.17) is 18.0 Å². The molecule has 4 nitrogen and oxygen atoms in total. The second-order valence-corrected chi connectivity index (χ2v) is 5.21. The van der Waals surface area contributed by atoms with Gasteiger partial charge in [0.05, 0.1) is 12.4 Å². The Morgan fingerprint density at radius 1 is 1.47 bits per heavy atom. The van der Waals surface area contributed by atoms with Gasteiger partial charge in [0, 0.05) is 12.6 Å². The maximum Gasteiger partial charge on any atom is 0.147 e. The van der Waals surface area contributed by atoms with Crippen molar-refractivity contribution in [2.75, 3.05) is 11.4 Å². The highest BCUT2D eigenvalue weighted by Gasteiger charge is 2.28. The lowest BCUT2D eigenvalue weighted by Gasteiger charge is -2.28. The molecule has 1 aromatic heterocycles. The van der Waals surface area contributed by atoms with Crippen LogP contribution in [0, 0.1) is 5.92 Å². The van der Waals surface area contributed by atoms with Crippen molar-refractivity contribution < 1.29 is 0 Å². The minimum absolute atomic E-state index is 0.297. The molecule has 1 unspecified atom stereocenters. The molecular weight excluding hydrogens is 232 g/mol. The van der Waals surface area contributed by atoms with Gasteiger partial charge >= 0.3 is 0 Å². The van der Waals surface area contributed by atoms with Gasteiger partial charge in [-0.3, -0.25) is 0 Å². The van der Waals surface area contributed by atoms with Crippen LogP contribution in [0.4, 0.5) is 5.82 Å². The lowest BCUT2D eigenvalue weighted by Crippen LogP contribution is -2.34. The van der Waals surface area contributed by atoms with E-state index in [1.165, 1.54) is 12.8 Å². The molecule has 5 heteroatoms. The van der Waals surface area contributed by atoms with Gasteiger partial charge in [-0.15, -0.1) is 0 Å². The molecule has 0 aliphatic carbocycles. The van der Waals surface area contributed by atoms with Gasteiger partial charge in [0.2, 0.25) is 0 Å². The number of nitrogens with zero attached hydrogens (tertiary/aromatic N) is 3. The second-order valence-electron chi connectivity index (χ2n) is 4.77. The molecule has 0 bridgehead atoms. The van der Waals surface area contributed by atoms with E-state index in [0.717, 1.165) is 12.4 Å². The topological polar surface area (TPSA) is 55.0 Å². The van der Waals surface area contributed by atoms with Crippen molar-refractivity contribution >= 4 is 23.0 Å². The first-order valence-electron chi connectivity index (χ1n) is 5.98. The van der Waals surface area contributed by atoms with Crippen LogP contribution in [0.1, 0.15) is 32.4 Å². The van der Waals surface area contributed by atoms with Crippen LogP contribution in [-0.4, -0.2) is 27.5 Å². The van der Waals surface area contributed by atoms with Crippen LogP contribution in [0.3, 0.4) is 0 Å². The minimum Gasteiger partial charge on any atom is -0.388 e. The van der Waals surface area contributed by atoms with E-state index in [0.29, 0.717) is 22.6 Å². The number of hydrogen-bond donors (Lipinski definition) is 1. The normalized spacial score (nSPS) is 19.9. The van der Waals surface area contributed by atoms with Crippen LogP contribution < -0.4 is 10.6 Å². The van der Waals surface area contributed by atoms with Gasteiger partial charge in [0.15, 0.2) is 0 Å². The van der Waals surface area contributed by atoms with Crippen molar-refractivity contribution in [2.45, 2.75) is 32.7 Å². The molecule has 1 saturated heterocycles. The van der Waals surface area contributed by atoms with Crippen LogP contribution in [0.2, 0.25) is 0 Å². The van der Waals surface area contributed by atoms with Crippen LogP contribution in [0.5, 0.6) is 0 Å². The fourth-order valence-corrected chi connectivity index (χ4v) is 2.47. The molecule has 1 fully saturated rings. The summed E-state index contributed by atoms with van der Waals surface area (Å²) in [4.78, 5) is 11.3. The average molecular weight is 250 g/mol. The lowest BCUT2D eigenvalue weighted by atomic mass is 10.0. The van der Waals surface area contributed by atoms with E-state index in [1.807, 2.05) is 0 Å². The van der Waals surface area contributed by atoms with E-state index >= 15 is 0 Å². The number of hydrogen-bond acceptors (Lipinski definition) is 4. The first-order chi connectivity index (χ1) is 8.09. The summed E-state index contributed by atoms with van der Waals surface area (Å²) in [6, 6.07) is 0.569. The fraction of sp³-hybridized carbons (Fsp3) is 0.583. The molecule has 2 heterocycles. The third-order valence-corrected chi connectivity index (χ3v) is 3.46. The van der Waals surface area contributed by atoms with Crippen LogP contribution in [0.25, 0.3) is 0 Å². The largest absolute Gasteiger partial charge is 0.388 e. The molecule has 0 radical (unpaired) electrons. The molecule has 0 aromatic carbocycles. The number of thiocarbonyl (C=S) groups is 1. The summed E-state index contributed by atoms with van der Waals surface area (Å²) in [5.41, 5.74) is 6.10. The summed E-state index contributed by atoms with van der Waals surface area (Å²) in [7, 11) is 0. The Kier molecular flexibility index (Phi) is 3.57. The molecule has 1 aliphatic heterocycles. The molecule has 0 saturated carbocycles. The van der Waals surface area contributed by atoms with E-state index in [1.54, 1.807) is 12.4 Å². The second kappa shape index (κ2) is 4.96. The molecule has 0 amide bonds. The average Bonchev–Trinajstić information content (AvgIpc) is 2.78. The fourth-order valence-electron chi connectivity index (χ4n) is 2.37. The number of rotatable bonds is 3. The highest BCUT2D eigenvalue weighted by atomic mass is 32.1. The maximum atomic E-state index is 5.51. The standard InChI is InChI=1S/C12H18N4S/c1-8(2)10-4-3-5-16(10)11-7-14-9(6-15-11)12(13)17/h6-8,10H,3-5H2,1-2H3,(H2,13,17). The Morgan fingerprint density at radius 3 is 2.76 bits per heavy atom.